The third-order valence-electron chi connectivity index (χ3n) is 4.94. The molecule has 0 bridgehead atoms. The molecular weight excluding hydrogens is 366 g/mol. The van der Waals surface area contributed by atoms with Gasteiger partial charge >= 0.3 is 17.9 Å². The third-order valence-corrected chi connectivity index (χ3v) is 4.94. The molecular formula is C20H25NO7. The summed E-state index contributed by atoms with van der Waals surface area (Å²) in [7, 11) is 0. The number of carbonyl (C=O) groups is 3. The Labute approximate surface area is 163 Å². The summed E-state index contributed by atoms with van der Waals surface area (Å²) in [6.45, 7) is 3.95. The molecule has 2 aliphatic heterocycles. The van der Waals surface area contributed by atoms with Gasteiger partial charge in [0.15, 0.2) is 5.60 Å². The first-order chi connectivity index (χ1) is 13.5. The second-order valence-corrected chi connectivity index (χ2v) is 6.75. The van der Waals surface area contributed by atoms with E-state index in [0.717, 1.165) is 5.56 Å². The summed E-state index contributed by atoms with van der Waals surface area (Å²) in [4.78, 5) is 43.1. The lowest BCUT2D eigenvalue weighted by molar-refractivity contribution is -0.256. The number of ether oxygens (including phenoxy) is 3. The van der Waals surface area contributed by atoms with E-state index in [-0.39, 0.29) is 45.1 Å². The molecule has 0 aliphatic carbocycles. The summed E-state index contributed by atoms with van der Waals surface area (Å²) in [6, 6.07) is 8.39. The van der Waals surface area contributed by atoms with Crippen molar-refractivity contribution in [3.05, 3.63) is 35.9 Å². The van der Waals surface area contributed by atoms with Crippen LogP contribution in [0.3, 0.4) is 0 Å². The molecule has 0 spiro atoms. The summed E-state index contributed by atoms with van der Waals surface area (Å²) in [5, 5.41) is 1.53. The van der Waals surface area contributed by atoms with E-state index in [9.17, 15) is 14.4 Å². The maximum Gasteiger partial charge on any atom is 0.340 e. The average molecular weight is 391 g/mol. The fraction of sp³-hybridized carbons (Fsp3) is 0.550. The zero-order valence-corrected chi connectivity index (χ0v) is 16.1. The molecule has 3 atom stereocenters. The summed E-state index contributed by atoms with van der Waals surface area (Å²) in [5.41, 5.74) is -0.519. The van der Waals surface area contributed by atoms with Crippen molar-refractivity contribution in [1.29, 1.82) is 0 Å². The maximum atomic E-state index is 12.8. The number of rotatable bonds is 7. The Kier molecular flexibility index (Phi) is 6.31. The van der Waals surface area contributed by atoms with Gasteiger partial charge in [-0.15, -0.1) is 0 Å². The number of benzene rings is 1. The molecule has 28 heavy (non-hydrogen) atoms. The molecule has 1 aromatic carbocycles. The average Bonchev–Trinajstić information content (AvgIpc) is 3.10. The topological polar surface area (TPSA) is 91.4 Å². The van der Waals surface area contributed by atoms with Gasteiger partial charge in [0.05, 0.1) is 19.3 Å². The molecule has 0 N–H and O–H groups in total. The molecule has 0 radical (unpaired) electrons. The highest BCUT2D eigenvalue weighted by Gasteiger charge is 2.58. The van der Waals surface area contributed by atoms with E-state index in [1.807, 2.05) is 30.3 Å². The number of hydrogen-bond acceptors (Lipinski definition) is 8. The SMILES string of the molecule is CCOC(=O)CC[C@]1(C(=O)OCC)C[C@H]2C(=O)OC[C@H](c3ccccc3)N2O1. The Balaban J connectivity index is 1.86. The smallest absolute Gasteiger partial charge is 0.340 e. The normalized spacial score (nSPS) is 27.0. The number of carbonyl (C=O) groups excluding carboxylic acids is 3. The van der Waals surface area contributed by atoms with Crippen LogP contribution >= 0.6 is 0 Å². The lowest BCUT2D eigenvalue weighted by Crippen LogP contribution is -2.46. The van der Waals surface area contributed by atoms with Crippen molar-refractivity contribution in [3.63, 3.8) is 0 Å². The van der Waals surface area contributed by atoms with E-state index >= 15 is 0 Å². The van der Waals surface area contributed by atoms with Gasteiger partial charge in [0, 0.05) is 12.8 Å². The molecule has 2 saturated heterocycles. The Hall–Kier alpha value is -2.45. The van der Waals surface area contributed by atoms with Gasteiger partial charge in [0.25, 0.3) is 0 Å². The number of hydroxylamine groups is 2. The minimum Gasteiger partial charge on any atom is -0.466 e. The monoisotopic (exact) mass is 391 g/mol. The lowest BCUT2D eigenvalue weighted by Gasteiger charge is -2.35. The molecule has 152 valence electrons. The Morgan fingerprint density at radius 1 is 1.14 bits per heavy atom. The van der Waals surface area contributed by atoms with Crippen molar-refractivity contribution in [1.82, 2.24) is 5.06 Å². The van der Waals surface area contributed by atoms with E-state index < -0.39 is 29.6 Å². The summed E-state index contributed by atoms with van der Waals surface area (Å²) in [6.07, 6.45) is 0.109. The molecule has 3 rings (SSSR count). The molecule has 0 aromatic heterocycles. The first-order valence-electron chi connectivity index (χ1n) is 9.52. The Morgan fingerprint density at radius 2 is 1.86 bits per heavy atom. The van der Waals surface area contributed by atoms with Crippen LogP contribution in [0.15, 0.2) is 30.3 Å². The van der Waals surface area contributed by atoms with E-state index in [2.05, 4.69) is 0 Å². The van der Waals surface area contributed by atoms with Crippen LogP contribution in [-0.2, 0) is 33.4 Å². The largest absolute Gasteiger partial charge is 0.466 e. The van der Waals surface area contributed by atoms with Crippen molar-refractivity contribution in [2.75, 3.05) is 19.8 Å². The number of nitrogens with zero attached hydrogens (tertiary/aromatic N) is 1. The lowest BCUT2D eigenvalue weighted by atomic mass is 9.90. The fourth-order valence-electron chi connectivity index (χ4n) is 3.59. The molecule has 0 amide bonds. The van der Waals surface area contributed by atoms with Crippen molar-refractivity contribution < 1.29 is 33.4 Å². The highest BCUT2D eigenvalue weighted by Crippen LogP contribution is 2.43. The minimum atomic E-state index is -1.43. The van der Waals surface area contributed by atoms with Crippen LogP contribution in [0.25, 0.3) is 0 Å². The van der Waals surface area contributed by atoms with Gasteiger partial charge in [0.1, 0.15) is 12.6 Å². The Bertz CT molecular complexity index is 723. The number of esters is 3. The van der Waals surface area contributed by atoms with Gasteiger partial charge in [-0.2, -0.15) is 5.06 Å². The number of morpholine rings is 1. The zero-order chi connectivity index (χ0) is 20.1. The van der Waals surface area contributed by atoms with Gasteiger partial charge in [0.2, 0.25) is 0 Å². The first kappa shape index (κ1) is 20.3. The highest BCUT2D eigenvalue weighted by atomic mass is 16.7. The summed E-state index contributed by atoms with van der Waals surface area (Å²) in [5.74, 6) is -1.47. The fourth-order valence-corrected chi connectivity index (χ4v) is 3.59. The van der Waals surface area contributed by atoms with Crippen LogP contribution in [0, 0.1) is 0 Å². The number of cyclic esters (lactones) is 1. The third kappa shape index (κ3) is 4.02. The summed E-state index contributed by atoms with van der Waals surface area (Å²) < 4.78 is 15.5. The van der Waals surface area contributed by atoms with Crippen molar-refractivity contribution >= 4 is 17.9 Å². The van der Waals surface area contributed by atoms with E-state index in [0.29, 0.717) is 0 Å². The highest BCUT2D eigenvalue weighted by molar-refractivity contribution is 5.84. The molecule has 2 heterocycles. The minimum absolute atomic E-state index is 0.0156. The zero-order valence-electron chi connectivity index (χ0n) is 16.1. The molecule has 1 aromatic rings. The molecule has 8 nitrogen and oxygen atoms in total. The quantitative estimate of drug-likeness (QED) is 0.514. The van der Waals surface area contributed by atoms with Gasteiger partial charge < -0.3 is 14.2 Å². The molecule has 0 saturated carbocycles. The second kappa shape index (κ2) is 8.70. The van der Waals surface area contributed by atoms with Crippen LogP contribution in [-0.4, -0.2) is 54.4 Å². The molecule has 0 unspecified atom stereocenters. The number of hydrogen-bond donors (Lipinski definition) is 0. The predicted molar refractivity (Wildman–Crippen MR) is 96.7 cm³/mol. The molecule has 8 heteroatoms. The van der Waals surface area contributed by atoms with E-state index in [1.54, 1.807) is 13.8 Å². The van der Waals surface area contributed by atoms with Gasteiger partial charge in [-0.1, -0.05) is 30.3 Å². The van der Waals surface area contributed by atoms with Gasteiger partial charge in [-0.05, 0) is 25.8 Å². The van der Waals surface area contributed by atoms with Crippen LogP contribution in [0.1, 0.15) is 44.7 Å². The van der Waals surface area contributed by atoms with E-state index in [1.165, 1.54) is 5.06 Å². The van der Waals surface area contributed by atoms with Gasteiger partial charge in [-0.3, -0.25) is 14.4 Å². The van der Waals surface area contributed by atoms with Crippen molar-refractivity contribution in [2.24, 2.45) is 0 Å². The first-order valence-corrected chi connectivity index (χ1v) is 9.52. The maximum absolute atomic E-state index is 12.8. The standard InChI is InChI=1S/C20H25NO7/c1-3-25-17(22)10-11-20(19(24)26-4-2)12-15-18(23)27-13-16(21(15)28-20)14-8-6-5-7-9-14/h5-9,15-16H,3-4,10-13H2,1-2H3/t15-,16+,20+/m0/s1. The van der Waals surface area contributed by atoms with Crippen LogP contribution < -0.4 is 0 Å². The molecule has 2 aliphatic rings. The molecule has 2 fully saturated rings. The summed E-state index contributed by atoms with van der Waals surface area (Å²) >= 11 is 0. The van der Waals surface area contributed by atoms with Crippen LogP contribution in [0.2, 0.25) is 0 Å². The van der Waals surface area contributed by atoms with E-state index in [4.69, 9.17) is 19.0 Å². The van der Waals surface area contributed by atoms with Crippen LogP contribution in [0.5, 0.6) is 0 Å². The van der Waals surface area contributed by atoms with Gasteiger partial charge in [-0.25, -0.2) is 4.79 Å². The van der Waals surface area contributed by atoms with Crippen molar-refractivity contribution in [2.45, 2.75) is 50.8 Å². The van der Waals surface area contributed by atoms with Crippen molar-refractivity contribution in [3.8, 4) is 0 Å². The predicted octanol–water partition coefficient (Wildman–Crippen LogP) is 1.94. The van der Waals surface area contributed by atoms with Crippen LogP contribution in [0.4, 0.5) is 0 Å². The Morgan fingerprint density at radius 3 is 2.54 bits per heavy atom. The second-order valence-electron chi connectivity index (χ2n) is 6.75. The number of fused-ring (bicyclic) bond motifs is 1.